The Hall–Kier alpha value is -1.90. The molecule has 0 aliphatic heterocycles. The second-order valence-corrected chi connectivity index (χ2v) is 4.15. The van der Waals surface area contributed by atoms with Crippen molar-refractivity contribution < 1.29 is 4.79 Å². The Labute approximate surface area is 101 Å². The number of Topliss-reactive ketones (excluding diaryl/α,β-unsaturated/α-hetero) is 1. The zero-order chi connectivity index (χ0) is 12.3. The van der Waals surface area contributed by atoms with Crippen molar-refractivity contribution in [2.75, 3.05) is 0 Å². The van der Waals surface area contributed by atoms with Crippen LogP contribution in [0.3, 0.4) is 0 Å². The molecule has 0 aliphatic rings. The number of benzene rings is 1. The van der Waals surface area contributed by atoms with Crippen molar-refractivity contribution in [3.05, 3.63) is 41.9 Å². The van der Waals surface area contributed by atoms with Gasteiger partial charge in [0.15, 0.2) is 11.6 Å². The number of nitrogens with zero attached hydrogens (tertiary/aromatic N) is 1. The van der Waals surface area contributed by atoms with Crippen molar-refractivity contribution in [1.29, 1.82) is 0 Å². The van der Waals surface area contributed by atoms with E-state index in [-0.39, 0.29) is 5.78 Å². The number of aromatic nitrogens is 2. The number of carbonyl (C=O) groups excluding carboxylic acids is 1. The molecule has 0 unspecified atom stereocenters. The first-order valence-electron chi connectivity index (χ1n) is 5.86. The zero-order valence-corrected chi connectivity index (χ0v) is 10.2. The molecule has 1 aromatic carbocycles. The van der Waals surface area contributed by atoms with Crippen LogP contribution in [-0.2, 0) is 6.42 Å². The van der Waals surface area contributed by atoms with E-state index in [1.165, 1.54) is 12.5 Å². The lowest BCUT2D eigenvalue weighted by Crippen LogP contribution is -1.94. The molecular formula is C14H16N2O. The molecule has 0 bridgehead atoms. The first kappa shape index (κ1) is 11.6. The Bertz CT molecular complexity index is 511. The Morgan fingerprint density at radius 3 is 2.53 bits per heavy atom. The van der Waals surface area contributed by atoms with Gasteiger partial charge in [0.25, 0.3) is 0 Å². The molecule has 17 heavy (non-hydrogen) atoms. The standard InChI is InChI=1S/C14H16N2O/c1-3-4-11-5-7-12(8-6-11)13-9-15-14(16-13)10(2)17/h5-9H,3-4H2,1-2H3,(H,15,16). The van der Waals surface area contributed by atoms with Crippen LogP contribution in [0.5, 0.6) is 0 Å². The minimum absolute atomic E-state index is 0.0427. The van der Waals surface area contributed by atoms with E-state index in [0.717, 1.165) is 24.1 Å². The van der Waals surface area contributed by atoms with E-state index in [1.54, 1.807) is 6.20 Å². The molecular weight excluding hydrogens is 212 g/mol. The molecule has 1 N–H and O–H groups in total. The summed E-state index contributed by atoms with van der Waals surface area (Å²) in [6, 6.07) is 8.35. The highest BCUT2D eigenvalue weighted by Crippen LogP contribution is 2.18. The summed E-state index contributed by atoms with van der Waals surface area (Å²) in [5.74, 6) is 0.372. The fourth-order valence-electron chi connectivity index (χ4n) is 1.79. The Kier molecular flexibility index (Phi) is 3.38. The van der Waals surface area contributed by atoms with Crippen molar-refractivity contribution in [3.63, 3.8) is 0 Å². The number of rotatable bonds is 4. The van der Waals surface area contributed by atoms with Crippen LogP contribution in [-0.4, -0.2) is 15.8 Å². The lowest BCUT2D eigenvalue weighted by atomic mass is 10.1. The molecule has 2 aromatic rings. The van der Waals surface area contributed by atoms with Crippen molar-refractivity contribution in [2.24, 2.45) is 0 Å². The highest BCUT2D eigenvalue weighted by molar-refractivity contribution is 5.91. The predicted octanol–water partition coefficient (Wildman–Crippen LogP) is 3.23. The van der Waals surface area contributed by atoms with Crippen LogP contribution >= 0.6 is 0 Å². The average molecular weight is 228 g/mol. The molecule has 88 valence electrons. The van der Waals surface area contributed by atoms with Crippen LogP contribution in [0.15, 0.2) is 30.5 Å². The zero-order valence-electron chi connectivity index (χ0n) is 10.2. The third-order valence-corrected chi connectivity index (χ3v) is 2.71. The van der Waals surface area contributed by atoms with Crippen molar-refractivity contribution >= 4 is 5.78 Å². The summed E-state index contributed by atoms with van der Waals surface area (Å²) >= 11 is 0. The summed E-state index contributed by atoms with van der Waals surface area (Å²) in [6.45, 7) is 3.68. The van der Waals surface area contributed by atoms with E-state index < -0.39 is 0 Å². The molecule has 0 atom stereocenters. The molecule has 0 radical (unpaired) electrons. The second-order valence-electron chi connectivity index (χ2n) is 4.15. The van der Waals surface area contributed by atoms with Crippen molar-refractivity contribution in [3.8, 4) is 11.3 Å². The molecule has 2 rings (SSSR count). The lowest BCUT2D eigenvalue weighted by Gasteiger charge is -2.00. The molecule has 0 aliphatic carbocycles. The number of hydrogen-bond donors (Lipinski definition) is 1. The normalized spacial score (nSPS) is 10.5. The van der Waals surface area contributed by atoms with E-state index in [0.29, 0.717) is 5.82 Å². The van der Waals surface area contributed by atoms with Crippen LogP contribution in [0.25, 0.3) is 11.3 Å². The maximum Gasteiger partial charge on any atom is 0.194 e. The van der Waals surface area contributed by atoms with Gasteiger partial charge in [-0.1, -0.05) is 37.6 Å². The van der Waals surface area contributed by atoms with Gasteiger partial charge in [-0.05, 0) is 17.5 Å². The fourth-order valence-corrected chi connectivity index (χ4v) is 1.79. The fraction of sp³-hybridized carbons (Fsp3) is 0.286. The number of aromatic amines is 1. The molecule has 0 saturated heterocycles. The number of aryl methyl sites for hydroxylation is 1. The quantitative estimate of drug-likeness (QED) is 0.816. The van der Waals surface area contributed by atoms with Crippen LogP contribution in [0.2, 0.25) is 0 Å². The van der Waals surface area contributed by atoms with Gasteiger partial charge in [0.2, 0.25) is 0 Å². The van der Waals surface area contributed by atoms with Gasteiger partial charge in [-0.2, -0.15) is 0 Å². The topological polar surface area (TPSA) is 45.8 Å². The van der Waals surface area contributed by atoms with Crippen LogP contribution in [0.4, 0.5) is 0 Å². The minimum atomic E-state index is -0.0427. The Morgan fingerprint density at radius 2 is 2.00 bits per heavy atom. The number of imidazole rings is 1. The Morgan fingerprint density at radius 1 is 1.29 bits per heavy atom. The van der Waals surface area contributed by atoms with E-state index >= 15 is 0 Å². The number of H-pyrrole nitrogens is 1. The first-order chi connectivity index (χ1) is 8.20. The van der Waals surface area contributed by atoms with Gasteiger partial charge in [-0.25, -0.2) is 4.98 Å². The molecule has 1 heterocycles. The van der Waals surface area contributed by atoms with E-state index in [1.807, 2.05) is 0 Å². The lowest BCUT2D eigenvalue weighted by molar-refractivity contribution is 0.100. The number of ketones is 1. The van der Waals surface area contributed by atoms with Crippen molar-refractivity contribution in [2.45, 2.75) is 26.7 Å². The maximum absolute atomic E-state index is 11.1. The largest absolute Gasteiger partial charge is 0.336 e. The summed E-state index contributed by atoms with van der Waals surface area (Å²) in [4.78, 5) is 18.2. The molecule has 0 saturated carbocycles. The molecule has 0 amide bonds. The van der Waals surface area contributed by atoms with Gasteiger partial charge >= 0.3 is 0 Å². The molecule has 0 fully saturated rings. The Balaban J connectivity index is 2.23. The third-order valence-electron chi connectivity index (χ3n) is 2.71. The van der Waals surface area contributed by atoms with Crippen LogP contribution < -0.4 is 0 Å². The van der Waals surface area contributed by atoms with E-state index in [9.17, 15) is 4.79 Å². The molecule has 3 heteroatoms. The monoisotopic (exact) mass is 228 g/mol. The SMILES string of the molecule is CCCc1ccc(-c2cnc(C(C)=O)[nH]2)cc1. The van der Waals surface area contributed by atoms with Crippen LogP contribution in [0.1, 0.15) is 36.5 Å². The van der Waals surface area contributed by atoms with Gasteiger partial charge in [0.05, 0.1) is 11.9 Å². The molecule has 3 nitrogen and oxygen atoms in total. The minimum Gasteiger partial charge on any atom is -0.336 e. The number of carbonyl (C=O) groups is 1. The van der Waals surface area contributed by atoms with Gasteiger partial charge in [-0.3, -0.25) is 4.79 Å². The third kappa shape index (κ3) is 2.61. The summed E-state index contributed by atoms with van der Waals surface area (Å²) in [6.07, 6.45) is 3.95. The number of hydrogen-bond acceptors (Lipinski definition) is 2. The van der Waals surface area contributed by atoms with Crippen LogP contribution in [0, 0.1) is 0 Å². The van der Waals surface area contributed by atoms with E-state index in [4.69, 9.17) is 0 Å². The maximum atomic E-state index is 11.1. The summed E-state index contributed by atoms with van der Waals surface area (Å²) in [5, 5.41) is 0. The molecule has 1 aromatic heterocycles. The van der Waals surface area contributed by atoms with Gasteiger partial charge in [0.1, 0.15) is 0 Å². The molecule has 0 spiro atoms. The summed E-state index contributed by atoms with van der Waals surface area (Å²) in [7, 11) is 0. The highest BCUT2D eigenvalue weighted by atomic mass is 16.1. The predicted molar refractivity (Wildman–Crippen MR) is 68.0 cm³/mol. The van der Waals surface area contributed by atoms with Crippen molar-refractivity contribution in [1.82, 2.24) is 9.97 Å². The van der Waals surface area contributed by atoms with Gasteiger partial charge in [-0.15, -0.1) is 0 Å². The van der Waals surface area contributed by atoms with E-state index in [2.05, 4.69) is 41.2 Å². The summed E-state index contributed by atoms with van der Waals surface area (Å²) < 4.78 is 0. The highest BCUT2D eigenvalue weighted by Gasteiger charge is 2.06. The first-order valence-corrected chi connectivity index (χ1v) is 5.86. The summed E-state index contributed by atoms with van der Waals surface area (Å²) in [5.41, 5.74) is 3.28. The second kappa shape index (κ2) is 4.95. The smallest absolute Gasteiger partial charge is 0.194 e. The number of nitrogens with one attached hydrogen (secondary N) is 1. The van der Waals surface area contributed by atoms with Gasteiger partial charge in [0, 0.05) is 6.92 Å². The average Bonchev–Trinajstić information content (AvgIpc) is 2.80. The van der Waals surface area contributed by atoms with Gasteiger partial charge < -0.3 is 4.98 Å².